The first-order valence-corrected chi connectivity index (χ1v) is 7.68. The molecule has 1 heterocycles. The maximum atomic E-state index is 11.9. The molecule has 0 aliphatic rings. The average Bonchev–Trinajstić information content (AvgIpc) is 2.75. The highest BCUT2D eigenvalue weighted by atomic mass is 32.2. The Morgan fingerprint density at radius 2 is 2.24 bits per heavy atom. The van der Waals surface area contributed by atoms with Crippen molar-refractivity contribution in [2.75, 3.05) is 13.2 Å². The lowest BCUT2D eigenvalue weighted by Gasteiger charge is -2.12. The van der Waals surface area contributed by atoms with E-state index in [1.807, 2.05) is 6.92 Å². The zero-order valence-corrected chi connectivity index (χ0v) is 11.6. The quantitative estimate of drug-likeness (QED) is 0.777. The van der Waals surface area contributed by atoms with E-state index >= 15 is 0 Å². The Morgan fingerprint density at radius 3 is 2.76 bits per heavy atom. The fourth-order valence-corrected chi connectivity index (χ4v) is 3.74. The Bertz CT molecular complexity index is 442. The lowest BCUT2D eigenvalue weighted by atomic mass is 10.4. The summed E-state index contributed by atoms with van der Waals surface area (Å²) in [7, 11) is -3.45. The number of rotatable bonds is 7. The van der Waals surface area contributed by atoms with E-state index in [0.717, 1.165) is 4.88 Å². The van der Waals surface area contributed by atoms with Crippen molar-refractivity contribution in [3.63, 3.8) is 0 Å². The lowest BCUT2D eigenvalue weighted by Crippen LogP contribution is -2.35. The molecule has 98 valence electrons. The van der Waals surface area contributed by atoms with Crippen molar-refractivity contribution in [1.82, 2.24) is 4.72 Å². The molecular weight excluding hydrogens is 260 g/mol. The first kappa shape index (κ1) is 14.6. The number of thiophene rings is 1. The molecule has 0 radical (unpaired) electrons. The Kier molecular flexibility index (Phi) is 5.54. The summed E-state index contributed by atoms with van der Waals surface area (Å²) in [4.78, 5) is 0.850. The van der Waals surface area contributed by atoms with Gasteiger partial charge in [0.15, 0.2) is 0 Å². The Balaban J connectivity index is 2.68. The summed E-state index contributed by atoms with van der Waals surface area (Å²) in [6, 6.07) is 3.05. The molecule has 0 amide bonds. The topological polar surface area (TPSA) is 81.4 Å². The molecule has 3 N–H and O–H groups in total. The highest BCUT2D eigenvalue weighted by molar-refractivity contribution is 7.91. The van der Waals surface area contributed by atoms with Crippen LogP contribution >= 0.6 is 11.3 Å². The molecule has 0 aliphatic heterocycles. The number of nitrogens with one attached hydrogen (secondary N) is 1. The molecule has 0 aliphatic carbocycles. The molecule has 1 unspecified atom stereocenters. The van der Waals surface area contributed by atoms with Crippen LogP contribution in [0.2, 0.25) is 0 Å². The van der Waals surface area contributed by atoms with Gasteiger partial charge in [0, 0.05) is 24.1 Å². The Hall–Kier alpha value is -0.470. The number of hydrogen-bond acceptors (Lipinski definition) is 5. The molecule has 0 fully saturated rings. The van der Waals surface area contributed by atoms with Crippen LogP contribution in [-0.4, -0.2) is 27.7 Å². The van der Waals surface area contributed by atoms with Crippen LogP contribution in [0.4, 0.5) is 0 Å². The molecule has 1 aromatic rings. The minimum absolute atomic E-state index is 0.247. The maximum absolute atomic E-state index is 11.9. The van der Waals surface area contributed by atoms with Crippen LogP contribution in [0, 0.1) is 0 Å². The number of sulfonamides is 1. The monoisotopic (exact) mass is 278 g/mol. The molecule has 0 saturated carbocycles. The first-order chi connectivity index (χ1) is 7.99. The fourth-order valence-electron chi connectivity index (χ4n) is 1.26. The zero-order chi connectivity index (χ0) is 12.9. The summed E-state index contributed by atoms with van der Waals surface area (Å²) in [5.41, 5.74) is 5.45. The van der Waals surface area contributed by atoms with Gasteiger partial charge in [0.1, 0.15) is 4.21 Å². The smallest absolute Gasteiger partial charge is 0.250 e. The van der Waals surface area contributed by atoms with Crippen LogP contribution in [0.25, 0.3) is 0 Å². The summed E-state index contributed by atoms with van der Waals surface area (Å²) in [6.07, 6.45) is 0. The molecular formula is C10H18N2O3S2. The normalized spacial score (nSPS) is 13.8. The second-order valence-corrected chi connectivity index (χ2v) is 6.72. The van der Waals surface area contributed by atoms with Crippen LogP contribution < -0.4 is 10.5 Å². The highest BCUT2D eigenvalue weighted by Crippen LogP contribution is 2.21. The van der Waals surface area contributed by atoms with Crippen LogP contribution in [-0.2, 0) is 21.3 Å². The van der Waals surface area contributed by atoms with Crippen LogP contribution in [0.15, 0.2) is 16.3 Å². The van der Waals surface area contributed by atoms with E-state index in [4.69, 9.17) is 10.5 Å². The van der Waals surface area contributed by atoms with Crippen molar-refractivity contribution >= 4 is 21.4 Å². The molecule has 5 nitrogen and oxygen atoms in total. The van der Waals surface area contributed by atoms with Crippen molar-refractivity contribution in [2.24, 2.45) is 5.73 Å². The number of ether oxygens (including phenoxy) is 1. The van der Waals surface area contributed by atoms with Crippen molar-refractivity contribution in [3.8, 4) is 0 Å². The summed E-state index contributed by atoms with van der Waals surface area (Å²) in [5.74, 6) is 0. The van der Waals surface area contributed by atoms with Gasteiger partial charge >= 0.3 is 0 Å². The molecule has 0 bridgehead atoms. The van der Waals surface area contributed by atoms with Crippen molar-refractivity contribution < 1.29 is 13.2 Å². The second-order valence-electron chi connectivity index (χ2n) is 3.61. The van der Waals surface area contributed by atoms with Crippen LogP contribution in [0.5, 0.6) is 0 Å². The second kappa shape index (κ2) is 6.46. The van der Waals surface area contributed by atoms with E-state index in [1.54, 1.807) is 19.1 Å². The molecule has 0 saturated heterocycles. The molecule has 1 rings (SSSR count). The van der Waals surface area contributed by atoms with Gasteiger partial charge in [-0.15, -0.1) is 11.3 Å². The van der Waals surface area contributed by atoms with Gasteiger partial charge in [-0.1, -0.05) is 0 Å². The van der Waals surface area contributed by atoms with Crippen molar-refractivity contribution in [3.05, 3.63) is 17.0 Å². The third-order valence-electron chi connectivity index (χ3n) is 2.03. The third-order valence-corrected chi connectivity index (χ3v) is 5.22. The molecule has 1 atom stereocenters. The van der Waals surface area contributed by atoms with Gasteiger partial charge in [-0.05, 0) is 26.0 Å². The van der Waals surface area contributed by atoms with E-state index in [9.17, 15) is 8.42 Å². The van der Waals surface area contributed by atoms with Gasteiger partial charge in [0.2, 0.25) is 10.0 Å². The minimum Gasteiger partial charge on any atom is -0.380 e. The summed E-state index contributed by atoms with van der Waals surface area (Å²) < 4.78 is 31.9. The van der Waals surface area contributed by atoms with Crippen LogP contribution in [0.1, 0.15) is 18.7 Å². The minimum atomic E-state index is -3.45. The van der Waals surface area contributed by atoms with Crippen LogP contribution in [0.3, 0.4) is 0 Å². The SMILES string of the molecule is CCOCC(C)NS(=O)(=O)c1ccc(CN)s1. The Labute approximate surface area is 106 Å². The van der Waals surface area contributed by atoms with Gasteiger partial charge in [0.05, 0.1) is 6.61 Å². The van der Waals surface area contributed by atoms with Crippen molar-refractivity contribution in [1.29, 1.82) is 0 Å². The molecule has 17 heavy (non-hydrogen) atoms. The zero-order valence-electron chi connectivity index (χ0n) is 9.97. The van der Waals surface area contributed by atoms with Crippen molar-refractivity contribution in [2.45, 2.75) is 30.6 Å². The largest absolute Gasteiger partial charge is 0.380 e. The standard InChI is InChI=1S/C10H18N2O3S2/c1-3-15-7-8(2)12-17(13,14)10-5-4-9(6-11)16-10/h4-5,8,12H,3,6-7,11H2,1-2H3. The third kappa shape index (κ3) is 4.36. The first-order valence-electron chi connectivity index (χ1n) is 5.38. The van der Waals surface area contributed by atoms with Gasteiger partial charge in [0.25, 0.3) is 0 Å². The number of hydrogen-bond donors (Lipinski definition) is 2. The van der Waals surface area contributed by atoms with Gasteiger partial charge in [-0.3, -0.25) is 0 Å². The molecule has 0 aromatic carbocycles. The predicted octanol–water partition coefficient (Wildman–Crippen LogP) is 0.910. The predicted molar refractivity (Wildman–Crippen MR) is 68.5 cm³/mol. The van der Waals surface area contributed by atoms with Gasteiger partial charge < -0.3 is 10.5 Å². The fraction of sp³-hybridized carbons (Fsp3) is 0.600. The van der Waals surface area contributed by atoms with E-state index < -0.39 is 10.0 Å². The maximum Gasteiger partial charge on any atom is 0.250 e. The lowest BCUT2D eigenvalue weighted by molar-refractivity contribution is 0.133. The number of nitrogens with two attached hydrogens (primary N) is 1. The summed E-state index contributed by atoms with van der Waals surface area (Å²) in [6.45, 7) is 4.93. The van der Waals surface area contributed by atoms with E-state index in [2.05, 4.69) is 4.72 Å². The van der Waals surface area contributed by atoms with E-state index in [-0.39, 0.29) is 6.04 Å². The average molecular weight is 278 g/mol. The Morgan fingerprint density at radius 1 is 1.53 bits per heavy atom. The summed E-state index contributed by atoms with van der Waals surface area (Å²) in [5, 5.41) is 0. The van der Waals surface area contributed by atoms with E-state index in [0.29, 0.717) is 24.0 Å². The molecule has 7 heteroatoms. The highest BCUT2D eigenvalue weighted by Gasteiger charge is 2.19. The molecule has 1 aromatic heterocycles. The summed E-state index contributed by atoms with van der Waals surface area (Å²) >= 11 is 1.19. The molecule has 0 spiro atoms. The van der Waals surface area contributed by atoms with Gasteiger partial charge in [-0.25, -0.2) is 13.1 Å². The van der Waals surface area contributed by atoms with E-state index in [1.165, 1.54) is 11.3 Å². The van der Waals surface area contributed by atoms with Gasteiger partial charge in [-0.2, -0.15) is 0 Å².